The summed E-state index contributed by atoms with van der Waals surface area (Å²) in [7, 11) is 3.60. The smallest absolute Gasteiger partial charge is 0.142 e. The van der Waals surface area contributed by atoms with Crippen LogP contribution in [-0.2, 0) is 0 Å². The van der Waals surface area contributed by atoms with E-state index in [-0.39, 0.29) is 6.61 Å². The Bertz CT molecular complexity index is 355. The second kappa shape index (κ2) is 5.97. The van der Waals surface area contributed by atoms with Crippen molar-refractivity contribution in [1.29, 1.82) is 0 Å². The Morgan fingerprint density at radius 3 is 2.69 bits per heavy atom. The largest absolute Gasteiger partial charge is 0.495 e. The minimum Gasteiger partial charge on any atom is -0.495 e. The predicted molar refractivity (Wildman–Crippen MR) is 67.7 cm³/mol. The second-order valence-electron chi connectivity index (χ2n) is 3.77. The number of nitrogens with zero attached hydrogens (tertiary/aromatic N) is 1. The number of ether oxygens (including phenoxy) is 1. The van der Waals surface area contributed by atoms with Crippen LogP contribution in [0.1, 0.15) is 12.0 Å². The number of hydrogen-bond donors (Lipinski definition) is 1. The van der Waals surface area contributed by atoms with Crippen molar-refractivity contribution in [3.05, 3.63) is 22.7 Å². The van der Waals surface area contributed by atoms with Gasteiger partial charge in [0.2, 0.25) is 0 Å². The molecule has 0 atom stereocenters. The number of aliphatic hydroxyl groups excluding tert-OH is 1. The molecule has 0 fully saturated rings. The molecule has 3 nitrogen and oxygen atoms in total. The lowest BCUT2D eigenvalue weighted by molar-refractivity contribution is 0.290. The first-order valence-electron chi connectivity index (χ1n) is 5.26. The molecule has 0 radical (unpaired) electrons. The SMILES string of the molecule is COc1cc(C)c(Cl)cc1N(C)CCCO. The fourth-order valence-corrected chi connectivity index (χ4v) is 1.69. The third kappa shape index (κ3) is 3.03. The molecule has 90 valence electrons. The van der Waals surface area contributed by atoms with Gasteiger partial charge in [0.05, 0.1) is 12.8 Å². The van der Waals surface area contributed by atoms with Gasteiger partial charge in [-0.2, -0.15) is 0 Å². The number of benzene rings is 1. The molecule has 0 aliphatic carbocycles. The van der Waals surface area contributed by atoms with E-state index in [1.807, 2.05) is 31.0 Å². The minimum atomic E-state index is 0.187. The topological polar surface area (TPSA) is 32.7 Å². The molecule has 0 unspecified atom stereocenters. The van der Waals surface area contributed by atoms with Gasteiger partial charge >= 0.3 is 0 Å². The van der Waals surface area contributed by atoms with E-state index in [4.69, 9.17) is 21.4 Å². The van der Waals surface area contributed by atoms with E-state index in [1.54, 1.807) is 7.11 Å². The lowest BCUT2D eigenvalue weighted by Crippen LogP contribution is -2.20. The predicted octanol–water partition coefficient (Wildman–Crippen LogP) is 2.48. The maximum absolute atomic E-state index is 8.80. The van der Waals surface area contributed by atoms with E-state index in [1.165, 1.54) is 0 Å². The van der Waals surface area contributed by atoms with Gasteiger partial charge in [0.15, 0.2) is 0 Å². The molecule has 16 heavy (non-hydrogen) atoms. The van der Waals surface area contributed by atoms with Crippen molar-refractivity contribution < 1.29 is 9.84 Å². The highest BCUT2D eigenvalue weighted by Gasteiger charge is 2.10. The van der Waals surface area contributed by atoms with E-state index in [0.29, 0.717) is 0 Å². The normalized spacial score (nSPS) is 10.3. The van der Waals surface area contributed by atoms with Crippen LogP contribution < -0.4 is 9.64 Å². The van der Waals surface area contributed by atoms with Gasteiger partial charge in [0, 0.05) is 25.2 Å². The fourth-order valence-electron chi connectivity index (χ4n) is 1.53. The lowest BCUT2D eigenvalue weighted by atomic mass is 10.2. The van der Waals surface area contributed by atoms with Crippen LogP contribution in [0.15, 0.2) is 12.1 Å². The van der Waals surface area contributed by atoms with Crippen molar-refractivity contribution in [2.45, 2.75) is 13.3 Å². The van der Waals surface area contributed by atoms with Gasteiger partial charge in [0.1, 0.15) is 5.75 Å². The molecule has 1 aromatic rings. The van der Waals surface area contributed by atoms with Crippen LogP contribution in [0.25, 0.3) is 0 Å². The summed E-state index contributed by atoms with van der Waals surface area (Å²) in [6.45, 7) is 2.90. The third-order valence-electron chi connectivity index (χ3n) is 2.52. The highest BCUT2D eigenvalue weighted by molar-refractivity contribution is 6.31. The van der Waals surface area contributed by atoms with Gasteiger partial charge in [-0.15, -0.1) is 0 Å². The molecular weight excluding hydrogens is 226 g/mol. The molecule has 1 aromatic carbocycles. The second-order valence-corrected chi connectivity index (χ2v) is 4.18. The highest BCUT2D eigenvalue weighted by atomic mass is 35.5. The maximum Gasteiger partial charge on any atom is 0.142 e. The van der Waals surface area contributed by atoms with E-state index in [9.17, 15) is 0 Å². The molecule has 1 N–H and O–H groups in total. The van der Waals surface area contributed by atoms with Gasteiger partial charge < -0.3 is 14.7 Å². The van der Waals surface area contributed by atoms with Crippen LogP contribution >= 0.6 is 11.6 Å². The number of rotatable bonds is 5. The molecule has 0 saturated heterocycles. The van der Waals surface area contributed by atoms with Crippen molar-refractivity contribution >= 4 is 17.3 Å². The number of methoxy groups -OCH3 is 1. The Morgan fingerprint density at radius 1 is 1.44 bits per heavy atom. The minimum absolute atomic E-state index is 0.187. The molecule has 4 heteroatoms. The highest BCUT2D eigenvalue weighted by Crippen LogP contribution is 2.33. The summed E-state index contributed by atoms with van der Waals surface area (Å²) in [5.41, 5.74) is 1.95. The lowest BCUT2D eigenvalue weighted by Gasteiger charge is -2.22. The average Bonchev–Trinajstić information content (AvgIpc) is 2.28. The molecule has 0 bridgehead atoms. The van der Waals surface area contributed by atoms with E-state index >= 15 is 0 Å². The first-order valence-corrected chi connectivity index (χ1v) is 5.64. The van der Waals surface area contributed by atoms with Gasteiger partial charge in [-0.3, -0.25) is 0 Å². The zero-order valence-electron chi connectivity index (χ0n) is 9.96. The molecule has 0 aliphatic rings. The van der Waals surface area contributed by atoms with Gasteiger partial charge in [-0.25, -0.2) is 0 Å². The van der Waals surface area contributed by atoms with Gasteiger partial charge in [-0.1, -0.05) is 11.6 Å². The van der Waals surface area contributed by atoms with Crippen molar-refractivity contribution in [1.82, 2.24) is 0 Å². The standard InChI is InChI=1S/C12H18ClNO2/c1-9-7-12(16-3)11(8-10(9)13)14(2)5-4-6-15/h7-8,15H,4-6H2,1-3H3. The quantitative estimate of drug-likeness (QED) is 0.863. The number of aliphatic hydroxyl groups is 1. The Morgan fingerprint density at radius 2 is 2.12 bits per heavy atom. The van der Waals surface area contributed by atoms with Crippen molar-refractivity contribution in [3.63, 3.8) is 0 Å². The number of halogens is 1. The average molecular weight is 244 g/mol. The molecule has 0 aliphatic heterocycles. The zero-order valence-corrected chi connectivity index (χ0v) is 10.7. The van der Waals surface area contributed by atoms with Gasteiger partial charge in [-0.05, 0) is 31.0 Å². The number of hydrogen-bond acceptors (Lipinski definition) is 3. The monoisotopic (exact) mass is 243 g/mol. The van der Waals surface area contributed by atoms with E-state index in [2.05, 4.69) is 0 Å². The molecular formula is C12H18ClNO2. The third-order valence-corrected chi connectivity index (χ3v) is 2.93. The molecule has 0 amide bonds. The number of anilines is 1. The molecule has 0 spiro atoms. The summed E-state index contributed by atoms with van der Waals surface area (Å²) in [6.07, 6.45) is 0.727. The molecule has 0 heterocycles. The summed E-state index contributed by atoms with van der Waals surface area (Å²) in [6, 6.07) is 3.82. The molecule has 1 rings (SSSR count). The van der Waals surface area contributed by atoms with E-state index in [0.717, 1.165) is 35.0 Å². The van der Waals surface area contributed by atoms with Crippen LogP contribution in [-0.4, -0.2) is 32.4 Å². The summed E-state index contributed by atoms with van der Waals surface area (Å²) in [5.74, 6) is 0.808. The van der Waals surface area contributed by atoms with Crippen molar-refractivity contribution in [3.8, 4) is 5.75 Å². The number of aryl methyl sites for hydroxylation is 1. The molecule has 0 aromatic heterocycles. The Balaban J connectivity index is 2.96. The summed E-state index contributed by atoms with van der Waals surface area (Å²) < 4.78 is 5.32. The van der Waals surface area contributed by atoms with Crippen LogP contribution in [0.4, 0.5) is 5.69 Å². The van der Waals surface area contributed by atoms with Crippen LogP contribution in [0.2, 0.25) is 5.02 Å². The van der Waals surface area contributed by atoms with Crippen molar-refractivity contribution in [2.24, 2.45) is 0 Å². The van der Waals surface area contributed by atoms with Gasteiger partial charge in [0.25, 0.3) is 0 Å². The zero-order chi connectivity index (χ0) is 12.1. The summed E-state index contributed by atoms with van der Waals surface area (Å²) >= 11 is 6.09. The first-order chi connectivity index (χ1) is 7.60. The Hall–Kier alpha value is -0.930. The summed E-state index contributed by atoms with van der Waals surface area (Å²) in [5, 5.41) is 9.53. The Kier molecular flexibility index (Phi) is 4.90. The van der Waals surface area contributed by atoms with Crippen LogP contribution in [0.3, 0.4) is 0 Å². The fraction of sp³-hybridized carbons (Fsp3) is 0.500. The van der Waals surface area contributed by atoms with Crippen LogP contribution in [0, 0.1) is 6.92 Å². The summed E-state index contributed by atoms with van der Waals surface area (Å²) in [4.78, 5) is 2.03. The first kappa shape index (κ1) is 13.1. The van der Waals surface area contributed by atoms with E-state index < -0.39 is 0 Å². The molecule has 0 saturated carbocycles. The van der Waals surface area contributed by atoms with Crippen LogP contribution in [0.5, 0.6) is 5.75 Å². The Labute approximate surface area is 102 Å². The van der Waals surface area contributed by atoms with Crippen molar-refractivity contribution in [2.75, 3.05) is 32.2 Å². The maximum atomic E-state index is 8.80.